The van der Waals surface area contributed by atoms with Crippen molar-refractivity contribution in [2.45, 2.75) is 37.3 Å². The van der Waals surface area contributed by atoms with E-state index in [4.69, 9.17) is 4.74 Å². The van der Waals surface area contributed by atoms with Gasteiger partial charge in [-0.05, 0) is 31.2 Å². The maximum absolute atomic E-state index is 12.3. The standard InChI is InChI=1S/C16H21NO5S2/c1-3-23-14-7-5-4-6-13(14)16(19)22-11(2)15(18)17-12-8-9-24(20,21)10-12/h4-7,11-12H,3,8-10H2,1-2H3,(H,17,18)/t11-,12-/m0/s1. The largest absolute Gasteiger partial charge is 0.449 e. The van der Waals surface area contributed by atoms with Gasteiger partial charge in [-0.1, -0.05) is 19.1 Å². The first-order valence-electron chi connectivity index (χ1n) is 7.76. The van der Waals surface area contributed by atoms with Gasteiger partial charge in [-0.2, -0.15) is 0 Å². The lowest BCUT2D eigenvalue weighted by Crippen LogP contribution is -2.42. The molecule has 1 aromatic carbocycles. The van der Waals surface area contributed by atoms with Crippen LogP contribution in [-0.2, 0) is 19.4 Å². The molecule has 1 amide bonds. The molecule has 1 N–H and O–H groups in total. The van der Waals surface area contributed by atoms with E-state index in [1.807, 2.05) is 19.1 Å². The van der Waals surface area contributed by atoms with Crippen LogP contribution in [0.4, 0.5) is 0 Å². The highest BCUT2D eigenvalue weighted by atomic mass is 32.2. The summed E-state index contributed by atoms with van der Waals surface area (Å²) < 4.78 is 28.1. The minimum atomic E-state index is -3.07. The van der Waals surface area contributed by atoms with Crippen LogP contribution in [0.25, 0.3) is 0 Å². The van der Waals surface area contributed by atoms with Crippen molar-refractivity contribution in [2.24, 2.45) is 0 Å². The Labute approximate surface area is 146 Å². The van der Waals surface area contributed by atoms with Crippen LogP contribution in [0.5, 0.6) is 0 Å². The highest BCUT2D eigenvalue weighted by molar-refractivity contribution is 7.99. The van der Waals surface area contributed by atoms with Crippen molar-refractivity contribution in [1.82, 2.24) is 5.32 Å². The number of ether oxygens (including phenoxy) is 1. The van der Waals surface area contributed by atoms with Crippen molar-refractivity contribution in [3.63, 3.8) is 0 Å². The number of benzene rings is 1. The van der Waals surface area contributed by atoms with Crippen LogP contribution in [0.1, 0.15) is 30.6 Å². The Morgan fingerprint density at radius 1 is 1.38 bits per heavy atom. The molecule has 1 aliphatic heterocycles. The van der Waals surface area contributed by atoms with E-state index in [1.54, 1.807) is 12.1 Å². The molecular formula is C16H21NO5S2. The smallest absolute Gasteiger partial charge is 0.340 e. The minimum Gasteiger partial charge on any atom is -0.449 e. The maximum Gasteiger partial charge on any atom is 0.340 e. The quantitative estimate of drug-likeness (QED) is 0.604. The van der Waals surface area contributed by atoms with Crippen LogP contribution in [0.15, 0.2) is 29.2 Å². The molecule has 1 aromatic rings. The molecule has 0 unspecified atom stereocenters. The lowest BCUT2D eigenvalue weighted by molar-refractivity contribution is -0.129. The van der Waals surface area contributed by atoms with Crippen molar-refractivity contribution in [3.05, 3.63) is 29.8 Å². The molecule has 0 radical (unpaired) electrons. The lowest BCUT2D eigenvalue weighted by Gasteiger charge is -2.17. The molecule has 0 bridgehead atoms. The Morgan fingerprint density at radius 2 is 2.08 bits per heavy atom. The molecule has 6 nitrogen and oxygen atoms in total. The number of esters is 1. The number of hydrogen-bond acceptors (Lipinski definition) is 6. The zero-order chi connectivity index (χ0) is 17.7. The summed E-state index contributed by atoms with van der Waals surface area (Å²) in [5.41, 5.74) is 0.424. The highest BCUT2D eigenvalue weighted by Gasteiger charge is 2.31. The van der Waals surface area contributed by atoms with Gasteiger partial charge in [0.15, 0.2) is 15.9 Å². The van der Waals surface area contributed by atoms with Crippen molar-refractivity contribution in [1.29, 1.82) is 0 Å². The predicted octanol–water partition coefficient (Wildman–Crippen LogP) is 1.65. The van der Waals surface area contributed by atoms with E-state index in [0.717, 1.165) is 10.6 Å². The van der Waals surface area contributed by atoms with Crippen molar-refractivity contribution < 1.29 is 22.7 Å². The zero-order valence-electron chi connectivity index (χ0n) is 13.7. The molecule has 8 heteroatoms. The van der Waals surface area contributed by atoms with Gasteiger partial charge in [0.2, 0.25) is 0 Å². The topological polar surface area (TPSA) is 89.5 Å². The second-order valence-electron chi connectivity index (χ2n) is 5.59. The van der Waals surface area contributed by atoms with Crippen LogP contribution in [0, 0.1) is 0 Å². The second kappa shape index (κ2) is 8.02. The number of thioether (sulfide) groups is 1. The fourth-order valence-electron chi connectivity index (χ4n) is 2.42. The van der Waals surface area contributed by atoms with Crippen LogP contribution in [0.2, 0.25) is 0 Å². The number of carbonyl (C=O) groups is 2. The molecule has 24 heavy (non-hydrogen) atoms. The van der Waals surface area contributed by atoms with E-state index in [1.165, 1.54) is 18.7 Å². The second-order valence-corrected chi connectivity index (χ2v) is 9.12. The van der Waals surface area contributed by atoms with Crippen molar-refractivity contribution in [2.75, 3.05) is 17.3 Å². The Hall–Kier alpha value is -1.54. The van der Waals surface area contributed by atoms with Gasteiger partial charge < -0.3 is 10.1 Å². The number of sulfone groups is 1. The average molecular weight is 371 g/mol. The zero-order valence-corrected chi connectivity index (χ0v) is 15.3. The van der Waals surface area contributed by atoms with E-state index in [0.29, 0.717) is 12.0 Å². The fourth-order valence-corrected chi connectivity index (χ4v) is 4.89. The molecule has 1 aliphatic rings. The normalized spacial score (nSPS) is 20.3. The van der Waals surface area contributed by atoms with E-state index in [2.05, 4.69) is 5.32 Å². The Morgan fingerprint density at radius 3 is 2.71 bits per heavy atom. The Balaban J connectivity index is 1.95. The van der Waals surface area contributed by atoms with Crippen molar-refractivity contribution in [3.8, 4) is 0 Å². The maximum atomic E-state index is 12.3. The van der Waals surface area contributed by atoms with Crippen LogP contribution in [0.3, 0.4) is 0 Å². The number of carbonyl (C=O) groups excluding carboxylic acids is 2. The summed E-state index contributed by atoms with van der Waals surface area (Å²) in [6, 6.07) is 6.66. The summed E-state index contributed by atoms with van der Waals surface area (Å²) in [6.07, 6.45) is -0.592. The number of amides is 1. The van der Waals surface area contributed by atoms with E-state index in [-0.39, 0.29) is 11.5 Å². The van der Waals surface area contributed by atoms with Gasteiger partial charge in [0.05, 0.1) is 17.1 Å². The molecule has 2 atom stereocenters. The van der Waals surface area contributed by atoms with Gasteiger partial charge in [-0.15, -0.1) is 11.8 Å². The van der Waals surface area contributed by atoms with Crippen molar-refractivity contribution >= 4 is 33.5 Å². The molecular weight excluding hydrogens is 350 g/mol. The molecule has 132 valence electrons. The summed E-state index contributed by atoms with van der Waals surface area (Å²) in [5, 5.41) is 2.63. The van der Waals surface area contributed by atoms with Crippen LogP contribution in [-0.4, -0.2) is 49.7 Å². The molecule has 1 heterocycles. The van der Waals surface area contributed by atoms with Gasteiger partial charge >= 0.3 is 5.97 Å². The molecule has 1 fully saturated rings. The third-order valence-electron chi connectivity index (χ3n) is 3.64. The highest BCUT2D eigenvalue weighted by Crippen LogP contribution is 2.23. The summed E-state index contributed by atoms with van der Waals surface area (Å²) >= 11 is 1.52. The van der Waals surface area contributed by atoms with Gasteiger partial charge in [0.25, 0.3) is 5.91 Å². The summed E-state index contributed by atoms with van der Waals surface area (Å²) in [7, 11) is -3.07. The third kappa shape index (κ3) is 4.98. The van der Waals surface area contributed by atoms with Gasteiger partial charge in [-0.3, -0.25) is 4.79 Å². The molecule has 2 rings (SSSR count). The third-order valence-corrected chi connectivity index (χ3v) is 6.36. The number of hydrogen-bond donors (Lipinski definition) is 1. The van der Waals surface area contributed by atoms with Gasteiger partial charge in [-0.25, -0.2) is 13.2 Å². The lowest BCUT2D eigenvalue weighted by atomic mass is 10.2. The SMILES string of the molecule is CCSc1ccccc1C(=O)O[C@@H](C)C(=O)N[C@H]1CCS(=O)(=O)C1. The fraction of sp³-hybridized carbons (Fsp3) is 0.500. The Bertz CT molecular complexity index is 717. The molecule has 0 saturated carbocycles. The average Bonchev–Trinajstić information content (AvgIpc) is 2.86. The molecule has 1 saturated heterocycles. The monoisotopic (exact) mass is 371 g/mol. The summed E-state index contributed by atoms with van der Waals surface area (Å²) in [5.74, 6) is -0.209. The number of rotatable bonds is 6. The first kappa shape index (κ1) is 18.8. The molecule has 0 aromatic heterocycles. The molecule has 0 aliphatic carbocycles. The van der Waals surface area contributed by atoms with Gasteiger partial charge in [0, 0.05) is 10.9 Å². The summed E-state index contributed by atoms with van der Waals surface area (Å²) in [6.45, 7) is 3.46. The van der Waals surface area contributed by atoms with E-state index < -0.39 is 33.9 Å². The Kier molecular flexibility index (Phi) is 6.28. The first-order valence-corrected chi connectivity index (χ1v) is 10.6. The van der Waals surface area contributed by atoms with E-state index in [9.17, 15) is 18.0 Å². The molecule has 0 spiro atoms. The van der Waals surface area contributed by atoms with Crippen LogP contribution >= 0.6 is 11.8 Å². The van der Waals surface area contributed by atoms with E-state index >= 15 is 0 Å². The van der Waals surface area contributed by atoms with Gasteiger partial charge in [0.1, 0.15) is 0 Å². The minimum absolute atomic E-state index is 0.0601. The summed E-state index contributed by atoms with van der Waals surface area (Å²) in [4.78, 5) is 25.2. The first-order chi connectivity index (χ1) is 11.3. The predicted molar refractivity (Wildman–Crippen MR) is 92.9 cm³/mol. The number of nitrogens with one attached hydrogen (secondary N) is 1. The van der Waals surface area contributed by atoms with Crippen LogP contribution < -0.4 is 5.32 Å².